The molecule has 0 unspecified atom stereocenters. The number of rotatable bonds is 5. The Balaban J connectivity index is 2.98. The summed E-state index contributed by atoms with van der Waals surface area (Å²) < 4.78 is 28.6. The third-order valence-electron chi connectivity index (χ3n) is 1.95. The number of azide groups is 1. The molecular formula is C10H11N3O3S. The number of methoxy groups -OCH3 is 1. The second-order valence-corrected chi connectivity index (χ2v) is 5.07. The number of sulfone groups is 1. The molecule has 0 aliphatic rings. The largest absolute Gasteiger partial charge is 0.500 e. The standard InChI is InChI=1S/C10H11N3O3S/c1-16-9(7-12-13-11)8-17(14,15)10-5-3-2-4-6-10/h2-7H,8H2,1H3/b9-7-. The normalized spacial score (nSPS) is 11.7. The van der Waals surface area contributed by atoms with Gasteiger partial charge >= 0.3 is 0 Å². The smallest absolute Gasteiger partial charge is 0.185 e. The first-order chi connectivity index (χ1) is 8.10. The Labute approximate surface area is 99.1 Å². The number of hydrogen-bond donors (Lipinski definition) is 0. The van der Waals surface area contributed by atoms with Gasteiger partial charge in [-0.25, -0.2) is 8.42 Å². The SMILES string of the molecule is CO/C(=C\N=[N+]=[N-])CS(=O)(=O)c1ccccc1. The molecule has 0 fully saturated rings. The van der Waals surface area contributed by atoms with Crippen molar-refractivity contribution in [3.8, 4) is 0 Å². The molecule has 0 N–H and O–H groups in total. The van der Waals surface area contributed by atoms with Gasteiger partial charge in [0.05, 0.1) is 12.0 Å². The monoisotopic (exact) mass is 253 g/mol. The predicted octanol–water partition coefficient (Wildman–Crippen LogP) is 2.26. The molecule has 1 rings (SSSR count). The molecule has 0 spiro atoms. The van der Waals surface area contributed by atoms with Crippen molar-refractivity contribution in [2.45, 2.75) is 4.90 Å². The Morgan fingerprint density at radius 1 is 1.47 bits per heavy atom. The van der Waals surface area contributed by atoms with Crippen molar-refractivity contribution >= 4 is 9.84 Å². The van der Waals surface area contributed by atoms with Crippen molar-refractivity contribution in [1.82, 2.24) is 0 Å². The zero-order valence-corrected chi connectivity index (χ0v) is 9.96. The van der Waals surface area contributed by atoms with Gasteiger partial charge in [0.15, 0.2) is 9.84 Å². The first-order valence-electron chi connectivity index (χ1n) is 4.65. The number of hydrogen-bond acceptors (Lipinski definition) is 4. The zero-order chi connectivity index (χ0) is 12.7. The fraction of sp³-hybridized carbons (Fsp3) is 0.200. The Hall–Kier alpha value is -1.98. The van der Waals surface area contributed by atoms with Crippen molar-refractivity contribution in [3.05, 3.63) is 52.7 Å². The topological polar surface area (TPSA) is 92.1 Å². The summed E-state index contributed by atoms with van der Waals surface area (Å²) in [6.45, 7) is 0. The van der Waals surface area contributed by atoms with Gasteiger partial charge in [-0.3, -0.25) is 0 Å². The van der Waals surface area contributed by atoms with Crippen LogP contribution in [0.3, 0.4) is 0 Å². The van der Waals surface area contributed by atoms with Gasteiger partial charge in [0.1, 0.15) is 11.5 Å². The van der Waals surface area contributed by atoms with E-state index in [1.807, 2.05) is 0 Å². The van der Waals surface area contributed by atoms with Gasteiger partial charge in [0, 0.05) is 11.1 Å². The lowest BCUT2D eigenvalue weighted by Crippen LogP contribution is -2.10. The fourth-order valence-corrected chi connectivity index (χ4v) is 2.44. The van der Waals surface area contributed by atoms with Crippen LogP contribution in [-0.4, -0.2) is 21.3 Å². The second-order valence-electron chi connectivity index (χ2n) is 3.08. The molecule has 7 heteroatoms. The molecule has 0 aliphatic carbocycles. The van der Waals surface area contributed by atoms with Crippen LogP contribution in [0.2, 0.25) is 0 Å². The van der Waals surface area contributed by atoms with E-state index in [2.05, 4.69) is 10.0 Å². The Morgan fingerprint density at radius 3 is 2.65 bits per heavy atom. The minimum atomic E-state index is -3.48. The summed E-state index contributed by atoms with van der Waals surface area (Å²) in [4.78, 5) is 2.70. The summed E-state index contributed by atoms with van der Waals surface area (Å²) in [7, 11) is -2.16. The number of ether oxygens (including phenoxy) is 1. The molecule has 17 heavy (non-hydrogen) atoms. The van der Waals surface area contributed by atoms with Gasteiger partial charge in [0.2, 0.25) is 0 Å². The van der Waals surface area contributed by atoms with E-state index in [-0.39, 0.29) is 16.4 Å². The highest BCUT2D eigenvalue weighted by molar-refractivity contribution is 7.91. The van der Waals surface area contributed by atoms with E-state index < -0.39 is 9.84 Å². The summed E-state index contributed by atoms with van der Waals surface area (Å²) in [5.41, 5.74) is 8.13. The van der Waals surface area contributed by atoms with E-state index in [9.17, 15) is 8.42 Å². The van der Waals surface area contributed by atoms with Crippen molar-refractivity contribution in [2.24, 2.45) is 5.11 Å². The van der Waals surface area contributed by atoms with Gasteiger partial charge in [-0.2, -0.15) is 0 Å². The fourth-order valence-electron chi connectivity index (χ4n) is 1.14. The lowest BCUT2D eigenvalue weighted by Gasteiger charge is -2.06. The molecule has 0 radical (unpaired) electrons. The highest BCUT2D eigenvalue weighted by atomic mass is 32.2. The van der Waals surface area contributed by atoms with Gasteiger partial charge in [-0.1, -0.05) is 23.3 Å². The van der Waals surface area contributed by atoms with Crippen molar-refractivity contribution in [3.63, 3.8) is 0 Å². The van der Waals surface area contributed by atoms with E-state index in [1.165, 1.54) is 19.2 Å². The molecule has 0 heterocycles. The minimum absolute atomic E-state index is 0.0895. The van der Waals surface area contributed by atoms with E-state index in [0.29, 0.717) is 0 Å². The quantitative estimate of drug-likeness (QED) is 0.348. The van der Waals surface area contributed by atoms with Crippen molar-refractivity contribution < 1.29 is 13.2 Å². The summed E-state index contributed by atoms with van der Waals surface area (Å²) in [6.07, 6.45) is 1.04. The number of benzene rings is 1. The molecule has 0 aliphatic heterocycles. The van der Waals surface area contributed by atoms with Crippen LogP contribution in [0.5, 0.6) is 0 Å². The maximum Gasteiger partial charge on any atom is 0.185 e. The van der Waals surface area contributed by atoms with Gasteiger partial charge in [0.25, 0.3) is 0 Å². The summed E-state index contributed by atoms with van der Waals surface area (Å²) in [6, 6.07) is 7.99. The highest BCUT2D eigenvalue weighted by Crippen LogP contribution is 2.13. The van der Waals surface area contributed by atoms with Crippen LogP contribution in [-0.2, 0) is 14.6 Å². The molecule has 1 aromatic rings. The van der Waals surface area contributed by atoms with Crippen LogP contribution in [0.1, 0.15) is 0 Å². The van der Waals surface area contributed by atoms with Crippen LogP contribution in [0.4, 0.5) is 0 Å². The van der Waals surface area contributed by atoms with Crippen LogP contribution in [0.25, 0.3) is 10.4 Å². The zero-order valence-electron chi connectivity index (χ0n) is 9.15. The van der Waals surface area contributed by atoms with E-state index >= 15 is 0 Å². The van der Waals surface area contributed by atoms with E-state index in [4.69, 9.17) is 10.3 Å². The second kappa shape index (κ2) is 5.93. The van der Waals surface area contributed by atoms with Crippen LogP contribution >= 0.6 is 0 Å². The third-order valence-corrected chi connectivity index (χ3v) is 3.61. The molecule has 0 saturated heterocycles. The third kappa shape index (κ3) is 3.82. The van der Waals surface area contributed by atoms with Crippen LogP contribution in [0, 0.1) is 0 Å². The average Bonchev–Trinajstić information content (AvgIpc) is 2.35. The molecule has 0 aromatic heterocycles. The van der Waals surface area contributed by atoms with Gasteiger partial charge in [-0.05, 0) is 17.7 Å². The Kier molecular flexibility index (Phi) is 4.56. The summed E-state index contributed by atoms with van der Waals surface area (Å²) in [5.74, 6) is -0.251. The van der Waals surface area contributed by atoms with Gasteiger partial charge in [-0.15, -0.1) is 0 Å². The minimum Gasteiger partial charge on any atom is -0.500 e. The molecule has 6 nitrogen and oxygen atoms in total. The van der Waals surface area contributed by atoms with E-state index in [1.54, 1.807) is 18.2 Å². The molecule has 0 saturated carbocycles. The first-order valence-corrected chi connectivity index (χ1v) is 6.30. The van der Waals surface area contributed by atoms with Crippen molar-refractivity contribution in [1.29, 1.82) is 0 Å². The molecule has 0 bridgehead atoms. The highest BCUT2D eigenvalue weighted by Gasteiger charge is 2.16. The predicted molar refractivity (Wildman–Crippen MR) is 62.7 cm³/mol. The molecule has 1 aromatic carbocycles. The average molecular weight is 253 g/mol. The Morgan fingerprint density at radius 2 is 2.12 bits per heavy atom. The first kappa shape index (κ1) is 13.1. The van der Waals surface area contributed by atoms with Crippen LogP contribution in [0.15, 0.2) is 52.3 Å². The van der Waals surface area contributed by atoms with Gasteiger partial charge < -0.3 is 4.74 Å². The maximum absolute atomic E-state index is 11.9. The summed E-state index contributed by atoms with van der Waals surface area (Å²) in [5, 5.41) is 3.15. The van der Waals surface area contributed by atoms with Crippen molar-refractivity contribution in [2.75, 3.05) is 12.9 Å². The molecule has 90 valence electrons. The maximum atomic E-state index is 11.9. The Bertz CT molecular complexity index is 545. The summed E-state index contributed by atoms with van der Waals surface area (Å²) >= 11 is 0. The van der Waals surface area contributed by atoms with Crippen LogP contribution < -0.4 is 0 Å². The lowest BCUT2D eigenvalue weighted by atomic mass is 10.4. The molecule has 0 amide bonds. The molecule has 0 atom stereocenters. The number of nitrogens with zero attached hydrogens (tertiary/aromatic N) is 3. The lowest BCUT2D eigenvalue weighted by molar-refractivity contribution is 0.293. The molecular weight excluding hydrogens is 242 g/mol. The van der Waals surface area contributed by atoms with E-state index in [0.717, 1.165) is 6.20 Å².